The van der Waals surface area contributed by atoms with E-state index in [2.05, 4.69) is 17.2 Å². The minimum absolute atomic E-state index is 0.0186. The quantitative estimate of drug-likeness (QED) is 0.805. The first-order chi connectivity index (χ1) is 7.33. The van der Waals surface area contributed by atoms with Gasteiger partial charge in [-0.2, -0.15) is 5.10 Å². The molecule has 0 amide bonds. The Labute approximate surface area is 92.7 Å². The fourth-order valence-corrected chi connectivity index (χ4v) is 1.80. The molecule has 0 aliphatic carbocycles. The Hall–Kier alpha value is -1.26. The van der Waals surface area contributed by atoms with E-state index in [1.165, 1.54) is 4.90 Å². The van der Waals surface area contributed by atoms with Gasteiger partial charge in [-0.05, 0) is 30.5 Å². The van der Waals surface area contributed by atoms with Gasteiger partial charge in [0.2, 0.25) is 0 Å². The summed E-state index contributed by atoms with van der Waals surface area (Å²) in [7, 11) is 0. The van der Waals surface area contributed by atoms with Gasteiger partial charge in [0.1, 0.15) is 0 Å². The van der Waals surface area contributed by atoms with Gasteiger partial charge in [-0.15, -0.1) is 11.8 Å². The molecule has 0 aliphatic heterocycles. The van der Waals surface area contributed by atoms with Crippen LogP contribution in [0.2, 0.25) is 0 Å². The lowest BCUT2D eigenvalue weighted by Gasteiger charge is -2.02. The van der Waals surface area contributed by atoms with Crippen LogP contribution in [0.15, 0.2) is 41.4 Å². The van der Waals surface area contributed by atoms with Gasteiger partial charge >= 0.3 is 0 Å². The molecule has 0 saturated heterocycles. The van der Waals surface area contributed by atoms with Crippen molar-refractivity contribution in [3.8, 4) is 5.69 Å². The molecule has 0 fully saturated rings. The molecular formula is C11H12N2OS. The fraction of sp³-hybridized carbons (Fsp3) is 0.182. The van der Waals surface area contributed by atoms with Crippen LogP contribution in [-0.2, 0) is 6.61 Å². The Morgan fingerprint density at radius 2 is 2.27 bits per heavy atom. The molecule has 2 aromatic rings. The van der Waals surface area contributed by atoms with Gasteiger partial charge in [0.05, 0.1) is 18.0 Å². The second-order valence-corrected chi connectivity index (χ2v) is 3.99. The van der Waals surface area contributed by atoms with E-state index in [0.717, 1.165) is 5.69 Å². The van der Waals surface area contributed by atoms with Gasteiger partial charge in [-0.1, -0.05) is 6.07 Å². The summed E-state index contributed by atoms with van der Waals surface area (Å²) < 4.78 is 1.77. The predicted octanol–water partition coefficient (Wildman–Crippen LogP) is 2.09. The predicted molar refractivity (Wildman–Crippen MR) is 61.3 cm³/mol. The van der Waals surface area contributed by atoms with Crippen LogP contribution in [0.1, 0.15) is 5.69 Å². The molecule has 1 heterocycles. The molecule has 1 aromatic heterocycles. The Kier molecular flexibility index (Phi) is 3.08. The third-order valence-corrected chi connectivity index (χ3v) is 2.85. The number of aromatic nitrogens is 2. The van der Waals surface area contributed by atoms with Gasteiger partial charge in [-0.25, -0.2) is 4.68 Å². The number of aliphatic hydroxyl groups is 1. The molecule has 0 atom stereocenters. The summed E-state index contributed by atoms with van der Waals surface area (Å²) in [5.74, 6) is 0. The van der Waals surface area contributed by atoms with Crippen molar-refractivity contribution in [1.82, 2.24) is 9.78 Å². The van der Waals surface area contributed by atoms with Crippen LogP contribution >= 0.6 is 11.8 Å². The summed E-state index contributed by atoms with van der Waals surface area (Å²) in [6.07, 6.45) is 3.90. The van der Waals surface area contributed by atoms with Gasteiger partial charge in [0.25, 0.3) is 0 Å². The molecule has 1 N–H and O–H groups in total. The zero-order valence-corrected chi connectivity index (χ0v) is 9.24. The van der Waals surface area contributed by atoms with Crippen LogP contribution in [-0.4, -0.2) is 21.1 Å². The minimum Gasteiger partial charge on any atom is -0.390 e. The lowest BCUT2D eigenvalue weighted by atomic mass is 10.3. The largest absolute Gasteiger partial charge is 0.390 e. The van der Waals surface area contributed by atoms with Crippen molar-refractivity contribution in [2.75, 3.05) is 6.26 Å². The van der Waals surface area contributed by atoms with Crippen molar-refractivity contribution in [2.45, 2.75) is 11.5 Å². The SMILES string of the molecule is CSc1cccc(-n2ccc(CO)n2)c1. The lowest BCUT2D eigenvalue weighted by molar-refractivity contribution is 0.276. The summed E-state index contributed by atoms with van der Waals surface area (Å²) >= 11 is 1.70. The van der Waals surface area contributed by atoms with E-state index in [4.69, 9.17) is 5.11 Å². The Morgan fingerprint density at radius 3 is 2.93 bits per heavy atom. The van der Waals surface area contributed by atoms with E-state index in [-0.39, 0.29) is 6.61 Å². The summed E-state index contributed by atoms with van der Waals surface area (Å²) in [6.45, 7) is -0.0186. The van der Waals surface area contributed by atoms with E-state index < -0.39 is 0 Å². The number of nitrogens with zero attached hydrogens (tertiary/aromatic N) is 2. The van der Waals surface area contributed by atoms with Crippen LogP contribution in [0, 0.1) is 0 Å². The third kappa shape index (κ3) is 2.22. The van der Waals surface area contributed by atoms with E-state index >= 15 is 0 Å². The number of hydrogen-bond acceptors (Lipinski definition) is 3. The number of aliphatic hydroxyl groups excluding tert-OH is 1. The minimum atomic E-state index is -0.0186. The van der Waals surface area contributed by atoms with Crippen molar-refractivity contribution in [3.63, 3.8) is 0 Å². The average Bonchev–Trinajstić information content (AvgIpc) is 2.78. The monoisotopic (exact) mass is 220 g/mol. The summed E-state index contributed by atoms with van der Waals surface area (Å²) in [5, 5.41) is 13.2. The molecule has 78 valence electrons. The number of thioether (sulfide) groups is 1. The molecular weight excluding hydrogens is 208 g/mol. The highest BCUT2D eigenvalue weighted by Crippen LogP contribution is 2.18. The first kappa shape index (κ1) is 10.3. The highest BCUT2D eigenvalue weighted by Gasteiger charge is 2.00. The summed E-state index contributed by atoms with van der Waals surface area (Å²) in [6, 6.07) is 9.94. The second-order valence-electron chi connectivity index (χ2n) is 3.11. The fourth-order valence-electron chi connectivity index (χ4n) is 1.34. The molecule has 0 saturated carbocycles. The van der Waals surface area contributed by atoms with Crippen LogP contribution < -0.4 is 0 Å². The number of rotatable bonds is 3. The van der Waals surface area contributed by atoms with Crippen molar-refractivity contribution < 1.29 is 5.11 Å². The molecule has 0 spiro atoms. The Bertz CT molecular complexity index is 453. The van der Waals surface area contributed by atoms with Crippen LogP contribution in [0.3, 0.4) is 0 Å². The highest BCUT2D eigenvalue weighted by molar-refractivity contribution is 7.98. The normalized spacial score (nSPS) is 10.5. The molecule has 15 heavy (non-hydrogen) atoms. The van der Waals surface area contributed by atoms with E-state index in [0.29, 0.717) is 5.69 Å². The maximum absolute atomic E-state index is 8.92. The molecule has 1 aromatic carbocycles. The molecule has 0 aliphatic rings. The molecule has 0 radical (unpaired) electrons. The van der Waals surface area contributed by atoms with E-state index in [9.17, 15) is 0 Å². The molecule has 0 unspecified atom stereocenters. The zero-order valence-electron chi connectivity index (χ0n) is 8.42. The second kappa shape index (κ2) is 4.51. The Balaban J connectivity index is 2.35. The average molecular weight is 220 g/mol. The first-order valence-corrected chi connectivity index (χ1v) is 5.86. The van der Waals surface area contributed by atoms with Crippen LogP contribution in [0.25, 0.3) is 5.69 Å². The van der Waals surface area contributed by atoms with E-state index in [1.807, 2.05) is 30.7 Å². The van der Waals surface area contributed by atoms with E-state index in [1.54, 1.807) is 16.4 Å². The topological polar surface area (TPSA) is 38.0 Å². The molecule has 4 heteroatoms. The van der Waals surface area contributed by atoms with Crippen molar-refractivity contribution >= 4 is 11.8 Å². The summed E-state index contributed by atoms with van der Waals surface area (Å²) in [4.78, 5) is 1.20. The lowest BCUT2D eigenvalue weighted by Crippen LogP contribution is -1.96. The van der Waals surface area contributed by atoms with Gasteiger partial charge < -0.3 is 5.11 Å². The Morgan fingerprint density at radius 1 is 1.40 bits per heavy atom. The van der Waals surface area contributed by atoms with Gasteiger partial charge in [-0.3, -0.25) is 0 Å². The van der Waals surface area contributed by atoms with Gasteiger partial charge in [0, 0.05) is 11.1 Å². The van der Waals surface area contributed by atoms with Crippen LogP contribution in [0.5, 0.6) is 0 Å². The van der Waals surface area contributed by atoms with Crippen molar-refractivity contribution in [2.24, 2.45) is 0 Å². The van der Waals surface area contributed by atoms with Crippen LogP contribution in [0.4, 0.5) is 0 Å². The number of hydrogen-bond donors (Lipinski definition) is 1. The maximum atomic E-state index is 8.92. The standard InChI is InChI=1S/C11H12N2OS/c1-15-11-4-2-3-10(7-11)13-6-5-9(8-14)12-13/h2-7,14H,8H2,1H3. The molecule has 0 bridgehead atoms. The smallest absolute Gasteiger partial charge is 0.0883 e. The van der Waals surface area contributed by atoms with Gasteiger partial charge in [0.15, 0.2) is 0 Å². The molecule has 3 nitrogen and oxygen atoms in total. The summed E-state index contributed by atoms with van der Waals surface area (Å²) in [5.41, 5.74) is 1.70. The van der Waals surface area contributed by atoms with Crippen molar-refractivity contribution in [1.29, 1.82) is 0 Å². The first-order valence-electron chi connectivity index (χ1n) is 4.63. The zero-order chi connectivity index (χ0) is 10.7. The molecule has 2 rings (SSSR count). The highest BCUT2D eigenvalue weighted by atomic mass is 32.2. The number of benzene rings is 1. The van der Waals surface area contributed by atoms with Crippen molar-refractivity contribution in [3.05, 3.63) is 42.2 Å². The third-order valence-electron chi connectivity index (χ3n) is 2.12. The maximum Gasteiger partial charge on any atom is 0.0883 e.